The lowest BCUT2D eigenvalue weighted by molar-refractivity contribution is -0.160. The number of thiazole rings is 1. The van der Waals surface area contributed by atoms with Crippen molar-refractivity contribution in [1.29, 1.82) is 0 Å². The van der Waals surface area contributed by atoms with E-state index in [0.717, 1.165) is 17.0 Å². The number of halogens is 3. The maximum absolute atomic E-state index is 11.8. The van der Waals surface area contributed by atoms with E-state index in [0.29, 0.717) is 5.13 Å². The molecular weight excluding hydrogens is 323 g/mol. The van der Waals surface area contributed by atoms with Crippen LogP contribution in [0.25, 0.3) is 0 Å². The maximum atomic E-state index is 11.8. The second-order valence-electron chi connectivity index (χ2n) is 4.29. The molecule has 22 heavy (non-hydrogen) atoms. The Morgan fingerprint density at radius 3 is 2.59 bits per heavy atom. The lowest BCUT2D eigenvalue weighted by Gasteiger charge is -2.08. The van der Waals surface area contributed by atoms with E-state index in [4.69, 9.17) is 0 Å². The molecule has 0 bridgehead atoms. The first-order valence-electron chi connectivity index (χ1n) is 6.44. The second-order valence-corrected chi connectivity index (χ2v) is 5.49. The van der Waals surface area contributed by atoms with E-state index in [9.17, 15) is 22.8 Å². The topological polar surface area (TPSA) is 80.3 Å². The molecule has 0 atom stereocenters. The van der Waals surface area contributed by atoms with Gasteiger partial charge in [0.2, 0.25) is 5.91 Å². The smallest absolute Gasteiger partial charge is 0.422 e. The fourth-order valence-corrected chi connectivity index (χ4v) is 2.39. The number of amides is 2. The minimum absolute atomic E-state index is 0.0960. The number of aromatic nitrogens is 1. The number of alkyl carbamates (subject to hydrolysis) is 1. The molecule has 0 fully saturated rings. The van der Waals surface area contributed by atoms with Crippen LogP contribution in [0.1, 0.15) is 23.9 Å². The number of nitrogens with one attached hydrogen (secondary N) is 2. The molecule has 1 rings (SSSR count). The summed E-state index contributed by atoms with van der Waals surface area (Å²) in [5, 5.41) is 5.08. The van der Waals surface area contributed by atoms with Gasteiger partial charge in [0.1, 0.15) is 0 Å². The molecule has 0 aromatic carbocycles. The van der Waals surface area contributed by atoms with E-state index in [1.807, 2.05) is 13.8 Å². The highest BCUT2D eigenvalue weighted by atomic mass is 32.1. The Labute approximate surface area is 129 Å². The summed E-state index contributed by atoms with van der Waals surface area (Å²) in [5.74, 6) is -0.396. The molecule has 2 N–H and O–H groups in total. The predicted molar refractivity (Wildman–Crippen MR) is 74.9 cm³/mol. The molecule has 0 aliphatic rings. The second kappa shape index (κ2) is 7.97. The van der Waals surface area contributed by atoms with Crippen LogP contribution in [0.3, 0.4) is 0 Å². The fourth-order valence-electron chi connectivity index (χ4n) is 1.47. The van der Waals surface area contributed by atoms with Gasteiger partial charge in [-0.05, 0) is 13.3 Å². The average Bonchev–Trinajstić information content (AvgIpc) is 2.75. The van der Waals surface area contributed by atoms with E-state index in [2.05, 4.69) is 20.4 Å². The maximum Gasteiger partial charge on any atom is 0.422 e. The summed E-state index contributed by atoms with van der Waals surface area (Å²) in [6, 6.07) is 0. The number of hydrogen-bond acceptors (Lipinski definition) is 5. The molecule has 124 valence electrons. The minimum atomic E-state index is -4.57. The molecule has 0 spiro atoms. The van der Waals surface area contributed by atoms with E-state index >= 15 is 0 Å². The number of alkyl halides is 3. The van der Waals surface area contributed by atoms with Crippen molar-refractivity contribution in [3.63, 3.8) is 0 Å². The number of aryl methyl sites for hydroxylation is 2. The average molecular weight is 339 g/mol. The first kappa shape index (κ1) is 18.2. The van der Waals surface area contributed by atoms with Gasteiger partial charge in [-0.2, -0.15) is 13.2 Å². The Balaban J connectivity index is 2.27. The van der Waals surface area contributed by atoms with E-state index in [-0.39, 0.29) is 13.0 Å². The normalized spacial score (nSPS) is 11.1. The Kier molecular flexibility index (Phi) is 6.60. The molecule has 0 aliphatic carbocycles. The molecule has 0 aliphatic heterocycles. The summed E-state index contributed by atoms with van der Waals surface area (Å²) in [4.78, 5) is 27.8. The Hall–Kier alpha value is -1.84. The molecule has 1 aromatic rings. The van der Waals surface area contributed by atoms with Crippen molar-refractivity contribution in [2.75, 3.05) is 18.5 Å². The molecular formula is C12H16F3N3O3S. The van der Waals surface area contributed by atoms with Gasteiger partial charge < -0.3 is 15.4 Å². The first-order valence-corrected chi connectivity index (χ1v) is 7.26. The minimum Gasteiger partial charge on any atom is -0.440 e. The van der Waals surface area contributed by atoms with Crippen molar-refractivity contribution in [2.45, 2.75) is 32.9 Å². The van der Waals surface area contributed by atoms with E-state index in [1.54, 1.807) is 0 Å². The van der Waals surface area contributed by atoms with Crippen LogP contribution in [0.2, 0.25) is 0 Å². The molecule has 1 aromatic heterocycles. The van der Waals surface area contributed by atoms with Gasteiger partial charge in [-0.25, -0.2) is 9.78 Å². The Morgan fingerprint density at radius 2 is 2.05 bits per heavy atom. The van der Waals surface area contributed by atoms with Crippen molar-refractivity contribution in [3.8, 4) is 0 Å². The molecule has 0 radical (unpaired) electrons. The SMILES string of the molecule is CCc1nc(NC(=O)CCNC(=O)OCC(F)(F)F)sc1C. The van der Waals surface area contributed by atoms with Crippen LogP contribution >= 0.6 is 11.3 Å². The van der Waals surface area contributed by atoms with Gasteiger partial charge in [0.25, 0.3) is 0 Å². The zero-order valence-corrected chi connectivity index (χ0v) is 12.9. The Bertz CT molecular complexity index is 531. The van der Waals surface area contributed by atoms with Crippen molar-refractivity contribution in [2.24, 2.45) is 0 Å². The van der Waals surface area contributed by atoms with E-state index < -0.39 is 24.8 Å². The van der Waals surface area contributed by atoms with Crippen molar-refractivity contribution >= 4 is 28.5 Å². The van der Waals surface area contributed by atoms with Gasteiger partial charge in [0.05, 0.1) is 5.69 Å². The highest BCUT2D eigenvalue weighted by Gasteiger charge is 2.29. The van der Waals surface area contributed by atoms with Crippen LogP contribution in [0, 0.1) is 6.92 Å². The number of hydrogen-bond donors (Lipinski definition) is 2. The largest absolute Gasteiger partial charge is 0.440 e. The van der Waals surface area contributed by atoms with Crippen LogP contribution in [-0.2, 0) is 16.0 Å². The van der Waals surface area contributed by atoms with Crippen LogP contribution < -0.4 is 10.6 Å². The third kappa shape index (κ3) is 6.74. The quantitative estimate of drug-likeness (QED) is 0.835. The van der Waals surface area contributed by atoms with Gasteiger partial charge in [-0.1, -0.05) is 6.92 Å². The monoisotopic (exact) mass is 339 g/mol. The molecule has 1 heterocycles. The lowest BCUT2D eigenvalue weighted by Crippen LogP contribution is -2.31. The van der Waals surface area contributed by atoms with Crippen LogP contribution in [0.4, 0.5) is 23.1 Å². The van der Waals surface area contributed by atoms with Crippen molar-refractivity contribution in [1.82, 2.24) is 10.3 Å². The molecule has 2 amide bonds. The fraction of sp³-hybridized carbons (Fsp3) is 0.583. The predicted octanol–water partition coefficient (Wildman–Crippen LogP) is 2.63. The summed E-state index contributed by atoms with van der Waals surface area (Å²) in [5.41, 5.74) is 0.897. The highest BCUT2D eigenvalue weighted by molar-refractivity contribution is 7.15. The van der Waals surface area contributed by atoms with Gasteiger partial charge in [0, 0.05) is 17.8 Å². The van der Waals surface area contributed by atoms with Crippen LogP contribution in [0.5, 0.6) is 0 Å². The van der Waals surface area contributed by atoms with Gasteiger partial charge >= 0.3 is 12.3 Å². The van der Waals surface area contributed by atoms with Gasteiger partial charge in [-0.15, -0.1) is 11.3 Å². The lowest BCUT2D eigenvalue weighted by atomic mass is 10.3. The zero-order chi connectivity index (χ0) is 16.8. The summed E-state index contributed by atoms with van der Waals surface area (Å²) in [6.45, 7) is 2.05. The Morgan fingerprint density at radius 1 is 1.36 bits per heavy atom. The number of carbonyl (C=O) groups is 2. The summed E-state index contributed by atoms with van der Waals surface area (Å²) in [7, 11) is 0. The molecule has 0 saturated heterocycles. The zero-order valence-electron chi connectivity index (χ0n) is 12.0. The van der Waals surface area contributed by atoms with Crippen molar-refractivity contribution < 1.29 is 27.5 Å². The summed E-state index contributed by atoms with van der Waals surface area (Å²) >= 11 is 1.34. The summed E-state index contributed by atoms with van der Waals surface area (Å²) < 4.78 is 39.3. The standard InChI is InChI=1S/C12H16F3N3O3S/c1-3-8-7(2)22-10(17-8)18-9(19)4-5-16-11(20)21-6-12(13,14)15/h3-6H2,1-2H3,(H,16,20)(H,17,18,19). The van der Waals surface area contributed by atoms with Crippen molar-refractivity contribution in [3.05, 3.63) is 10.6 Å². The molecule has 0 unspecified atom stereocenters. The third-order valence-corrected chi connectivity index (χ3v) is 3.39. The van der Waals surface area contributed by atoms with Crippen LogP contribution in [0.15, 0.2) is 0 Å². The third-order valence-electron chi connectivity index (χ3n) is 2.46. The number of carbonyl (C=O) groups excluding carboxylic acids is 2. The number of ether oxygens (including phenoxy) is 1. The van der Waals surface area contributed by atoms with Gasteiger partial charge in [-0.3, -0.25) is 4.79 Å². The van der Waals surface area contributed by atoms with Gasteiger partial charge in [0.15, 0.2) is 11.7 Å². The molecule has 0 saturated carbocycles. The molecule has 10 heteroatoms. The molecule has 6 nitrogen and oxygen atoms in total. The highest BCUT2D eigenvalue weighted by Crippen LogP contribution is 2.22. The first-order chi connectivity index (χ1) is 10.2. The number of nitrogens with zero attached hydrogens (tertiary/aromatic N) is 1. The van der Waals surface area contributed by atoms with E-state index in [1.165, 1.54) is 11.3 Å². The summed E-state index contributed by atoms with van der Waals surface area (Å²) in [6.07, 6.45) is -5.14. The number of anilines is 1. The number of rotatable bonds is 6. The van der Waals surface area contributed by atoms with Crippen LogP contribution in [-0.4, -0.2) is 36.3 Å².